The number of hydrogen-bond acceptors (Lipinski definition) is 1. The van der Waals surface area contributed by atoms with Gasteiger partial charge in [-0.1, -0.05) is 18.2 Å². The predicted molar refractivity (Wildman–Crippen MR) is 56.9 cm³/mol. The van der Waals surface area contributed by atoms with Crippen LogP contribution >= 0.6 is 11.6 Å². The van der Waals surface area contributed by atoms with E-state index in [1.165, 1.54) is 11.3 Å². The molecule has 0 aromatic heterocycles. The molecular weight excluding hydrogens is 198 g/mol. The van der Waals surface area contributed by atoms with Crippen LogP contribution in [0.3, 0.4) is 0 Å². The molecule has 1 atom stereocenters. The predicted octanol–water partition coefficient (Wildman–Crippen LogP) is 2.06. The molecule has 3 heteroatoms. The van der Waals surface area contributed by atoms with Gasteiger partial charge in [0.05, 0.1) is 12.3 Å². The summed E-state index contributed by atoms with van der Waals surface area (Å²) in [6.45, 7) is 0. The Morgan fingerprint density at radius 1 is 1.43 bits per heavy atom. The molecule has 0 saturated carbocycles. The molecule has 0 spiro atoms. The Morgan fingerprint density at radius 3 is 2.71 bits per heavy atom. The Balaban J connectivity index is 2.24. The lowest BCUT2D eigenvalue weighted by molar-refractivity contribution is -0.766. The molecule has 1 unspecified atom stereocenters. The quantitative estimate of drug-likeness (QED) is 0.538. The van der Waals surface area contributed by atoms with Crippen molar-refractivity contribution in [2.24, 2.45) is 0 Å². The lowest BCUT2D eigenvalue weighted by Gasteiger charge is -1.96. The Labute approximate surface area is 88.7 Å². The lowest BCUT2D eigenvalue weighted by atomic mass is 10.1. The summed E-state index contributed by atoms with van der Waals surface area (Å²) in [7, 11) is 1.93. The highest BCUT2D eigenvalue weighted by Crippen LogP contribution is 2.16. The molecule has 2 nitrogen and oxygen atoms in total. The molecule has 14 heavy (non-hydrogen) atoms. The zero-order chi connectivity index (χ0) is 9.97. The van der Waals surface area contributed by atoms with Gasteiger partial charge in [-0.2, -0.15) is 0 Å². The smallest absolute Gasteiger partial charge is 0.238 e. The largest absolute Gasteiger partial charge is 0.272 e. The van der Waals surface area contributed by atoms with Gasteiger partial charge in [-0.25, -0.2) is 0 Å². The van der Waals surface area contributed by atoms with Gasteiger partial charge >= 0.3 is 0 Å². The maximum atomic E-state index is 5.76. The van der Waals surface area contributed by atoms with Crippen LogP contribution in [0.5, 0.6) is 0 Å². The van der Waals surface area contributed by atoms with E-state index in [1.807, 2.05) is 30.0 Å². The average molecular weight is 211 g/mol. The first-order valence-corrected chi connectivity index (χ1v) is 5.22. The summed E-state index contributed by atoms with van der Waals surface area (Å²) in [6.07, 6.45) is 1.01. The van der Waals surface area contributed by atoms with E-state index in [2.05, 4.69) is 12.1 Å². The van der Waals surface area contributed by atoms with Crippen molar-refractivity contribution in [1.29, 1.82) is 0 Å². The van der Waals surface area contributed by atoms with E-state index in [1.54, 1.807) is 0 Å². The zero-order valence-electron chi connectivity index (χ0n) is 8.11. The van der Waals surface area contributed by atoms with Gasteiger partial charge in [0, 0.05) is 5.56 Å². The van der Waals surface area contributed by atoms with Crippen LogP contribution in [0.1, 0.15) is 12.0 Å². The fraction of sp³-hybridized carbons (Fsp3) is 0.364. The van der Waals surface area contributed by atoms with Crippen LogP contribution in [0, 0.1) is 0 Å². The number of alkyl halides is 1. The van der Waals surface area contributed by atoms with Crippen molar-refractivity contribution in [1.82, 2.24) is 0 Å². The van der Waals surface area contributed by atoms with Crippen LogP contribution < -0.4 is 0 Å². The molecule has 0 aliphatic carbocycles. The molecule has 0 radical (unpaired) electrons. The van der Waals surface area contributed by atoms with Crippen molar-refractivity contribution in [3.8, 4) is 0 Å². The number of rotatable bonds is 2. The van der Waals surface area contributed by atoms with Crippen LogP contribution in [0.4, 0.5) is 0 Å². The standard InChI is InChI=1S/C11H13ClNO/c1-13-11(7-10(8-12)14-13)9-5-3-2-4-6-9/h2-6,10H,7-8H2,1H3/q+1. The van der Waals surface area contributed by atoms with E-state index in [-0.39, 0.29) is 6.10 Å². The third-order valence-corrected chi connectivity index (χ3v) is 2.73. The topological polar surface area (TPSA) is 12.2 Å². The Kier molecular flexibility index (Phi) is 2.73. The fourth-order valence-corrected chi connectivity index (χ4v) is 1.85. The van der Waals surface area contributed by atoms with Crippen LogP contribution in [0.25, 0.3) is 0 Å². The van der Waals surface area contributed by atoms with Crippen molar-refractivity contribution in [3.05, 3.63) is 35.9 Å². The van der Waals surface area contributed by atoms with Gasteiger partial charge in [-0.05, 0) is 16.9 Å². The minimum atomic E-state index is 0.122. The minimum absolute atomic E-state index is 0.122. The third-order valence-electron chi connectivity index (χ3n) is 2.39. The highest BCUT2D eigenvalue weighted by molar-refractivity contribution is 6.18. The van der Waals surface area contributed by atoms with Crippen molar-refractivity contribution in [3.63, 3.8) is 0 Å². The van der Waals surface area contributed by atoms with Gasteiger partial charge < -0.3 is 0 Å². The van der Waals surface area contributed by atoms with Crippen LogP contribution in [0.2, 0.25) is 0 Å². The summed E-state index contributed by atoms with van der Waals surface area (Å²) in [5.41, 5.74) is 2.42. The average Bonchev–Trinajstić information content (AvgIpc) is 2.61. The molecule has 0 amide bonds. The fourth-order valence-electron chi connectivity index (χ4n) is 1.68. The molecule has 1 aromatic carbocycles. The second kappa shape index (κ2) is 4.01. The Bertz CT molecular complexity index is 348. The molecule has 0 bridgehead atoms. The minimum Gasteiger partial charge on any atom is -0.272 e. The molecule has 1 aliphatic rings. The van der Waals surface area contributed by atoms with Crippen LogP contribution in [-0.4, -0.2) is 29.5 Å². The number of nitrogens with zero attached hydrogens (tertiary/aromatic N) is 1. The summed E-state index contributed by atoms with van der Waals surface area (Å²) < 4.78 is 1.82. The van der Waals surface area contributed by atoms with Crippen molar-refractivity contribution in [2.75, 3.05) is 12.9 Å². The summed E-state index contributed by atoms with van der Waals surface area (Å²) in [5, 5.41) is 0. The van der Waals surface area contributed by atoms with Gasteiger partial charge in [0.1, 0.15) is 0 Å². The molecule has 2 rings (SSSR count). The van der Waals surface area contributed by atoms with E-state index in [0.29, 0.717) is 5.88 Å². The molecule has 0 N–H and O–H groups in total. The first kappa shape index (κ1) is 9.53. The second-order valence-corrected chi connectivity index (χ2v) is 3.70. The Morgan fingerprint density at radius 2 is 2.14 bits per heavy atom. The van der Waals surface area contributed by atoms with Crippen LogP contribution in [-0.2, 0) is 4.84 Å². The number of benzene rings is 1. The number of hydroxylamine groups is 1. The number of halogens is 1. The van der Waals surface area contributed by atoms with E-state index >= 15 is 0 Å². The summed E-state index contributed by atoms with van der Waals surface area (Å²) in [5.74, 6) is 0.542. The van der Waals surface area contributed by atoms with E-state index in [0.717, 1.165) is 6.42 Å². The van der Waals surface area contributed by atoms with Crippen molar-refractivity contribution in [2.45, 2.75) is 12.5 Å². The van der Waals surface area contributed by atoms with Gasteiger partial charge in [0.2, 0.25) is 5.71 Å². The SMILES string of the molecule is C[N+]1=C(c2ccccc2)CC(CCl)O1. The highest BCUT2D eigenvalue weighted by Gasteiger charge is 2.31. The van der Waals surface area contributed by atoms with E-state index in [9.17, 15) is 0 Å². The first-order chi connectivity index (χ1) is 6.81. The molecule has 1 aliphatic heterocycles. The monoisotopic (exact) mass is 210 g/mol. The van der Waals surface area contributed by atoms with Gasteiger partial charge in [-0.3, -0.25) is 4.84 Å². The summed E-state index contributed by atoms with van der Waals surface area (Å²) in [6, 6.07) is 10.3. The lowest BCUT2D eigenvalue weighted by Crippen LogP contribution is -2.11. The molecule has 1 heterocycles. The molecular formula is C11H13ClNO+. The van der Waals surface area contributed by atoms with Crippen molar-refractivity contribution >= 4 is 17.3 Å². The van der Waals surface area contributed by atoms with Gasteiger partial charge in [0.15, 0.2) is 13.2 Å². The summed E-state index contributed by atoms with van der Waals surface area (Å²) >= 11 is 5.76. The molecule has 74 valence electrons. The second-order valence-electron chi connectivity index (χ2n) is 3.40. The highest BCUT2D eigenvalue weighted by atomic mass is 35.5. The van der Waals surface area contributed by atoms with Gasteiger partial charge in [0.25, 0.3) is 0 Å². The van der Waals surface area contributed by atoms with Gasteiger partial charge in [-0.15, -0.1) is 11.6 Å². The normalized spacial score (nSPS) is 21.1. The van der Waals surface area contributed by atoms with E-state index in [4.69, 9.17) is 16.4 Å². The Hall–Kier alpha value is -1.02. The van der Waals surface area contributed by atoms with Crippen molar-refractivity contribution < 1.29 is 9.58 Å². The zero-order valence-corrected chi connectivity index (χ0v) is 8.87. The van der Waals surface area contributed by atoms with Crippen LogP contribution in [0.15, 0.2) is 30.3 Å². The maximum absolute atomic E-state index is 5.76. The molecule has 1 aromatic rings. The molecule has 0 fully saturated rings. The number of hydrogen-bond donors (Lipinski definition) is 0. The maximum Gasteiger partial charge on any atom is 0.238 e. The third kappa shape index (κ3) is 1.75. The summed E-state index contributed by atoms with van der Waals surface area (Å²) in [4.78, 5) is 5.54. The first-order valence-electron chi connectivity index (χ1n) is 4.69. The van der Waals surface area contributed by atoms with E-state index < -0.39 is 0 Å². The molecule has 0 saturated heterocycles.